The molecule has 0 radical (unpaired) electrons. The van der Waals surface area contributed by atoms with E-state index in [0.29, 0.717) is 24.1 Å². The van der Waals surface area contributed by atoms with Crippen LogP contribution in [0.1, 0.15) is 12.8 Å². The van der Waals surface area contributed by atoms with Crippen LogP contribution in [0.25, 0.3) is 22.9 Å². The molecule has 1 aromatic heterocycles. The Morgan fingerprint density at radius 1 is 0.960 bits per heavy atom. The number of benzene rings is 2. The first-order valence-corrected chi connectivity index (χ1v) is 8.21. The van der Waals surface area contributed by atoms with E-state index in [4.69, 9.17) is 9.15 Å². The third kappa shape index (κ3) is 3.44. The Labute approximate surface area is 144 Å². The number of hydrogen-bond acceptors (Lipinski definition) is 5. The summed E-state index contributed by atoms with van der Waals surface area (Å²) >= 11 is 0. The third-order valence-corrected chi connectivity index (χ3v) is 4.07. The minimum atomic E-state index is -0.343. The summed E-state index contributed by atoms with van der Waals surface area (Å²) in [5.41, 5.74) is 2.39. The van der Waals surface area contributed by atoms with Gasteiger partial charge in [0.1, 0.15) is 6.10 Å². The van der Waals surface area contributed by atoms with Crippen LogP contribution in [0.4, 0.5) is 5.69 Å². The molecule has 4 rings (SSSR count). The van der Waals surface area contributed by atoms with Crippen LogP contribution in [0.2, 0.25) is 0 Å². The van der Waals surface area contributed by atoms with Crippen LogP contribution in [0.5, 0.6) is 0 Å². The van der Waals surface area contributed by atoms with Crippen molar-refractivity contribution in [3.05, 3.63) is 54.6 Å². The number of ether oxygens (including phenoxy) is 1. The second-order valence-corrected chi connectivity index (χ2v) is 5.85. The summed E-state index contributed by atoms with van der Waals surface area (Å²) in [6.45, 7) is 0.651. The van der Waals surface area contributed by atoms with E-state index in [9.17, 15) is 4.79 Å². The lowest BCUT2D eigenvalue weighted by atomic mass is 10.2. The summed E-state index contributed by atoms with van der Waals surface area (Å²) < 4.78 is 11.1. The van der Waals surface area contributed by atoms with Gasteiger partial charge in [-0.25, -0.2) is 0 Å². The van der Waals surface area contributed by atoms with Gasteiger partial charge < -0.3 is 14.5 Å². The van der Waals surface area contributed by atoms with Gasteiger partial charge in [0.25, 0.3) is 5.91 Å². The Kier molecular flexibility index (Phi) is 4.26. The highest BCUT2D eigenvalue weighted by Crippen LogP contribution is 2.25. The molecule has 6 nitrogen and oxygen atoms in total. The lowest BCUT2D eigenvalue weighted by molar-refractivity contribution is -0.124. The van der Waals surface area contributed by atoms with Crippen LogP contribution < -0.4 is 5.32 Å². The summed E-state index contributed by atoms with van der Waals surface area (Å²) in [6, 6.07) is 16.9. The topological polar surface area (TPSA) is 77.3 Å². The van der Waals surface area contributed by atoms with Gasteiger partial charge in [-0.2, -0.15) is 0 Å². The molecular weight excluding hydrogens is 318 g/mol. The van der Waals surface area contributed by atoms with E-state index in [2.05, 4.69) is 15.5 Å². The maximum atomic E-state index is 12.1. The first-order chi connectivity index (χ1) is 12.3. The molecule has 2 aromatic carbocycles. The van der Waals surface area contributed by atoms with Gasteiger partial charge in [-0.1, -0.05) is 18.2 Å². The largest absolute Gasteiger partial charge is 0.416 e. The summed E-state index contributed by atoms with van der Waals surface area (Å²) in [4.78, 5) is 12.1. The molecule has 0 bridgehead atoms. The van der Waals surface area contributed by atoms with E-state index >= 15 is 0 Å². The lowest BCUT2D eigenvalue weighted by Gasteiger charge is -2.10. The van der Waals surface area contributed by atoms with Gasteiger partial charge in [-0.3, -0.25) is 4.79 Å². The molecule has 25 heavy (non-hydrogen) atoms. The van der Waals surface area contributed by atoms with E-state index in [1.807, 2.05) is 54.6 Å². The number of hydrogen-bond donors (Lipinski definition) is 1. The van der Waals surface area contributed by atoms with Crippen molar-refractivity contribution in [1.29, 1.82) is 0 Å². The predicted octanol–water partition coefficient (Wildman–Crippen LogP) is 3.52. The molecule has 1 atom stereocenters. The van der Waals surface area contributed by atoms with Crippen LogP contribution in [0.3, 0.4) is 0 Å². The Bertz CT molecular complexity index is 853. The van der Waals surface area contributed by atoms with Crippen LogP contribution in [-0.4, -0.2) is 28.8 Å². The number of carbonyl (C=O) groups is 1. The quantitative estimate of drug-likeness (QED) is 0.789. The van der Waals surface area contributed by atoms with E-state index in [1.54, 1.807) is 0 Å². The molecule has 1 N–H and O–H groups in total. The van der Waals surface area contributed by atoms with Crippen molar-refractivity contribution in [2.75, 3.05) is 11.9 Å². The molecule has 0 unspecified atom stereocenters. The van der Waals surface area contributed by atoms with Crippen molar-refractivity contribution >= 4 is 11.6 Å². The maximum Gasteiger partial charge on any atom is 0.253 e. The van der Waals surface area contributed by atoms with Gasteiger partial charge in [0.05, 0.1) is 0 Å². The molecular formula is C19H17N3O3. The smallest absolute Gasteiger partial charge is 0.253 e. The van der Waals surface area contributed by atoms with Crippen molar-refractivity contribution in [3.8, 4) is 22.9 Å². The van der Waals surface area contributed by atoms with E-state index in [0.717, 1.165) is 24.0 Å². The molecule has 126 valence electrons. The number of carbonyl (C=O) groups excluding carboxylic acids is 1. The van der Waals surface area contributed by atoms with Crippen molar-refractivity contribution in [2.24, 2.45) is 0 Å². The Morgan fingerprint density at radius 3 is 2.28 bits per heavy atom. The molecule has 1 aliphatic rings. The second kappa shape index (κ2) is 6.86. The van der Waals surface area contributed by atoms with Crippen molar-refractivity contribution < 1.29 is 13.9 Å². The summed E-state index contributed by atoms with van der Waals surface area (Å²) in [7, 11) is 0. The second-order valence-electron chi connectivity index (χ2n) is 5.85. The molecule has 0 spiro atoms. The minimum Gasteiger partial charge on any atom is -0.416 e. The Morgan fingerprint density at radius 2 is 1.64 bits per heavy atom. The highest BCUT2D eigenvalue weighted by molar-refractivity contribution is 5.94. The van der Waals surface area contributed by atoms with Crippen LogP contribution in [-0.2, 0) is 9.53 Å². The molecule has 1 aliphatic heterocycles. The zero-order valence-electron chi connectivity index (χ0n) is 13.5. The zero-order chi connectivity index (χ0) is 17.1. The average Bonchev–Trinajstić information content (AvgIpc) is 3.35. The normalized spacial score (nSPS) is 16.7. The van der Waals surface area contributed by atoms with Crippen molar-refractivity contribution in [2.45, 2.75) is 18.9 Å². The van der Waals surface area contributed by atoms with E-state index in [1.165, 1.54) is 0 Å². The van der Waals surface area contributed by atoms with Crippen molar-refractivity contribution in [3.63, 3.8) is 0 Å². The summed E-state index contributed by atoms with van der Waals surface area (Å²) in [5.74, 6) is 0.816. The fourth-order valence-electron chi connectivity index (χ4n) is 2.74. The maximum absolute atomic E-state index is 12.1. The predicted molar refractivity (Wildman–Crippen MR) is 92.8 cm³/mol. The zero-order valence-corrected chi connectivity index (χ0v) is 13.5. The summed E-state index contributed by atoms with van der Waals surface area (Å²) in [5, 5.41) is 11.0. The number of amides is 1. The molecule has 1 fully saturated rings. The average molecular weight is 335 g/mol. The number of nitrogens with one attached hydrogen (secondary N) is 1. The lowest BCUT2D eigenvalue weighted by Crippen LogP contribution is -2.26. The fraction of sp³-hybridized carbons (Fsp3) is 0.211. The van der Waals surface area contributed by atoms with Crippen molar-refractivity contribution in [1.82, 2.24) is 10.2 Å². The highest BCUT2D eigenvalue weighted by atomic mass is 16.5. The Hall–Kier alpha value is -2.99. The summed E-state index contributed by atoms with van der Waals surface area (Å²) in [6.07, 6.45) is 1.36. The fourth-order valence-corrected chi connectivity index (χ4v) is 2.74. The molecule has 0 saturated carbocycles. The highest BCUT2D eigenvalue weighted by Gasteiger charge is 2.23. The van der Waals surface area contributed by atoms with Gasteiger partial charge in [0.2, 0.25) is 11.8 Å². The van der Waals surface area contributed by atoms with Gasteiger partial charge >= 0.3 is 0 Å². The number of nitrogens with zero attached hydrogens (tertiary/aromatic N) is 2. The van der Waals surface area contributed by atoms with Gasteiger partial charge in [-0.15, -0.1) is 10.2 Å². The molecule has 1 saturated heterocycles. The number of anilines is 1. The third-order valence-electron chi connectivity index (χ3n) is 4.07. The van der Waals surface area contributed by atoms with Crippen LogP contribution in [0, 0.1) is 0 Å². The number of rotatable bonds is 4. The monoisotopic (exact) mass is 335 g/mol. The van der Waals surface area contributed by atoms with Gasteiger partial charge in [0.15, 0.2) is 0 Å². The Balaban J connectivity index is 1.47. The number of aromatic nitrogens is 2. The van der Waals surface area contributed by atoms with Crippen LogP contribution >= 0.6 is 0 Å². The first kappa shape index (κ1) is 15.5. The van der Waals surface area contributed by atoms with Gasteiger partial charge in [0, 0.05) is 23.4 Å². The molecule has 2 heterocycles. The molecule has 0 aliphatic carbocycles. The van der Waals surface area contributed by atoms with Crippen LogP contribution in [0.15, 0.2) is 59.0 Å². The minimum absolute atomic E-state index is 0.102. The van der Waals surface area contributed by atoms with E-state index < -0.39 is 0 Å². The molecule has 6 heteroatoms. The molecule has 1 amide bonds. The molecule has 3 aromatic rings. The van der Waals surface area contributed by atoms with Gasteiger partial charge in [-0.05, 0) is 49.2 Å². The standard InChI is InChI=1S/C19H17N3O3/c23-17(16-7-4-12-24-16)20-15-10-8-14(9-11-15)19-22-21-18(25-19)13-5-2-1-3-6-13/h1-3,5-6,8-11,16H,4,7,12H2,(H,20,23)/t16-/m1/s1. The first-order valence-electron chi connectivity index (χ1n) is 8.21. The SMILES string of the molecule is O=C(Nc1ccc(-c2nnc(-c3ccccc3)o2)cc1)[C@H]1CCCO1. The van der Waals surface area contributed by atoms with E-state index in [-0.39, 0.29) is 12.0 Å².